The molecule has 0 radical (unpaired) electrons. The highest BCUT2D eigenvalue weighted by atomic mass is 19.1. The molecular formula is C33H27FN6O4. The monoisotopic (exact) mass is 590 g/mol. The molecule has 0 bridgehead atoms. The standard InChI is InChI=1S/C17H14FN3O2.C16H13N3O2/c1-9-14(17(20)23)12-3-2-4-13(19)21(12)15(9)16(22)10-5-7-11(18)8-6-10;17-13-12(16(18)21)11-8-4-5-9-19(11)14(13)15(20)10-6-2-1-3-7-10/h2-8H,19H2,1H3,(H2,20,23);1-9H,17H2,(H2,18,21). The SMILES string of the molecule is Cc1c(C(N)=O)c2cccc(N)n2c1C(=O)c1ccc(F)cc1.NC(=O)c1c(N)c(C(=O)c2ccccc2)n2ccccc12. The largest absolute Gasteiger partial charge is 0.396 e. The number of amides is 2. The fourth-order valence-electron chi connectivity index (χ4n) is 5.21. The lowest BCUT2D eigenvalue weighted by Gasteiger charge is -2.07. The fraction of sp³-hybridized carbons (Fsp3) is 0.0303. The molecule has 0 unspecified atom stereocenters. The smallest absolute Gasteiger partial charge is 0.253 e. The lowest BCUT2D eigenvalue weighted by Crippen LogP contribution is -2.13. The average molecular weight is 591 g/mol. The molecule has 0 saturated carbocycles. The average Bonchev–Trinajstić information content (AvgIpc) is 3.48. The first-order valence-corrected chi connectivity index (χ1v) is 13.3. The Morgan fingerprint density at radius 3 is 1.84 bits per heavy atom. The van der Waals surface area contributed by atoms with E-state index in [-0.39, 0.29) is 39.8 Å². The van der Waals surface area contributed by atoms with Gasteiger partial charge in [-0.15, -0.1) is 0 Å². The number of nitrogen functional groups attached to an aromatic ring is 2. The molecule has 0 aliphatic carbocycles. The van der Waals surface area contributed by atoms with Gasteiger partial charge in [-0.1, -0.05) is 42.5 Å². The maximum absolute atomic E-state index is 13.1. The Hall–Kier alpha value is -6.23. The van der Waals surface area contributed by atoms with Crippen LogP contribution in [-0.2, 0) is 0 Å². The van der Waals surface area contributed by atoms with E-state index in [1.54, 1.807) is 78.2 Å². The van der Waals surface area contributed by atoms with Gasteiger partial charge in [0.05, 0.1) is 33.5 Å². The number of benzene rings is 2. The Bertz CT molecular complexity index is 2100. The van der Waals surface area contributed by atoms with E-state index in [2.05, 4.69) is 0 Å². The van der Waals surface area contributed by atoms with Gasteiger partial charge < -0.3 is 27.3 Å². The van der Waals surface area contributed by atoms with Crippen molar-refractivity contribution < 1.29 is 23.6 Å². The van der Waals surface area contributed by atoms with Gasteiger partial charge in [-0.05, 0) is 61.0 Å². The van der Waals surface area contributed by atoms with E-state index in [1.807, 2.05) is 6.07 Å². The third-order valence-electron chi connectivity index (χ3n) is 7.18. The second-order valence-electron chi connectivity index (χ2n) is 9.87. The van der Waals surface area contributed by atoms with Crippen LogP contribution in [0.15, 0.2) is 97.2 Å². The van der Waals surface area contributed by atoms with Crippen LogP contribution in [0.3, 0.4) is 0 Å². The molecule has 4 aromatic heterocycles. The molecule has 0 aliphatic rings. The molecule has 0 spiro atoms. The van der Waals surface area contributed by atoms with Gasteiger partial charge in [-0.2, -0.15) is 0 Å². The normalized spacial score (nSPS) is 10.8. The molecule has 8 N–H and O–H groups in total. The first-order chi connectivity index (χ1) is 21.0. The molecule has 2 aromatic carbocycles. The Morgan fingerprint density at radius 1 is 0.636 bits per heavy atom. The van der Waals surface area contributed by atoms with E-state index in [4.69, 9.17) is 22.9 Å². The number of hydrogen-bond acceptors (Lipinski definition) is 6. The number of nitrogens with zero attached hydrogens (tertiary/aromatic N) is 2. The number of ketones is 2. The van der Waals surface area contributed by atoms with Gasteiger partial charge in [0.15, 0.2) is 0 Å². The van der Waals surface area contributed by atoms with Crippen LogP contribution in [0.4, 0.5) is 15.9 Å². The molecule has 44 heavy (non-hydrogen) atoms. The van der Waals surface area contributed by atoms with E-state index in [9.17, 15) is 23.6 Å². The minimum Gasteiger partial charge on any atom is -0.396 e. The molecule has 2 amide bonds. The number of fused-ring (bicyclic) bond motifs is 2. The van der Waals surface area contributed by atoms with Crippen molar-refractivity contribution in [2.45, 2.75) is 6.92 Å². The van der Waals surface area contributed by atoms with Crippen molar-refractivity contribution in [1.29, 1.82) is 0 Å². The van der Waals surface area contributed by atoms with Gasteiger partial charge >= 0.3 is 0 Å². The Labute approximate surface area is 250 Å². The summed E-state index contributed by atoms with van der Waals surface area (Å²) in [5.74, 6) is -2.02. The number of hydrogen-bond donors (Lipinski definition) is 4. The Balaban J connectivity index is 0.000000175. The third kappa shape index (κ3) is 5.02. The van der Waals surface area contributed by atoms with Gasteiger partial charge in [-0.25, -0.2) is 4.39 Å². The van der Waals surface area contributed by atoms with E-state index in [0.29, 0.717) is 33.5 Å². The van der Waals surface area contributed by atoms with Crippen LogP contribution in [0.5, 0.6) is 0 Å². The minimum absolute atomic E-state index is 0.113. The highest BCUT2D eigenvalue weighted by Crippen LogP contribution is 2.29. The molecule has 6 aromatic rings. The zero-order chi connectivity index (χ0) is 31.7. The lowest BCUT2D eigenvalue weighted by atomic mass is 10.0. The summed E-state index contributed by atoms with van der Waals surface area (Å²) in [4.78, 5) is 48.9. The van der Waals surface area contributed by atoms with Crippen molar-refractivity contribution in [3.63, 3.8) is 0 Å². The highest BCUT2D eigenvalue weighted by Gasteiger charge is 2.26. The summed E-state index contributed by atoms with van der Waals surface area (Å²) >= 11 is 0. The van der Waals surface area contributed by atoms with Gasteiger partial charge in [0.1, 0.15) is 17.3 Å². The number of nitrogens with two attached hydrogens (primary N) is 4. The molecule has 0 saturated heterocycles. The van der Waals surface area contributed by atoms with Gasteiger partial charge in [0.25, 0.3) is 11.8 Å². The van der Waals surface area contributed by atoms with Crippen LogP contribution in [0.25, 0.3) is 11.0 Å². The molecule has 4 heterocycles. The third-order valence-corrected chi connectivity index (χ3v) is 7.18. The second-order valence-corrected chi connectivity index (χ2v) is 9.87. The van der Waals surface area contributed by atoms with Crippen LogP contribution >= 0.6 is 0 Å². The van der Waals surface area contributed by atoms with E-state index in [0.717, 1.165) is 0 Å². The zero-order valence-corrected chi connectivity index (χ0v) is 23.5. The van der Waals surface area contributed by atoms with Crippen molar-refractivity contribution in [3.8, 4) is 0 Å². The Kier molecular flexibility index (Phi) is 7.70. The first-order valence-electron chi connectivity index (χ1n) is 13.3. The van der Waals surface area contributed by atoms with Crippen LogP contribution in [0, 0.1) is 12.7 Å². The maximum Gasteiger partial charge on any atom is 0.253 e. The summed E-state index contributed by atoms with van der Waals surface area (Å²) in [6, 6.07) is 24.2. The van der Waals surface area contributed by atoms with Gasteiger partial charge in [-0.3, -0.25) is 23.6 Å². The summed E-state index contributed by atoms with van der Waals surface area (Å²) in [7, 11) is 0. The van der Waals surface area contributed by atoms with Crippen LogP contribution in [0.2, 0.25) is 0 Å². The van der Waals surface area contributed by atoms with E-state index >= 15 is 0 Å². The second kappa shape index (κ2) is 11.6. The molecule has 11 heteroatoms. The number of pyridine rings is 2. The predicted octanol–water partition coefficient (Wildman–Crippen LogP) is 4.15. The van der Waals surface area contributed by atoms with Crippen molar-refractivity contribution in [2.75, 3.05) is 11.5 Å². The summed E-state index contributed by atoms with van der Waals surface area (Å²) in [5.41, 5.74) is 26.1. The summed E-state index contributed by atoms with van der Waals surface area (Å²) < 4.78 is 16.2. The van der Waals surface area contributed by atoms with E-state index < -0.39 is 17.6 Å². The number of halogens is 1. The number of rotatable bonds is 6. The number of carbonyl (C=O) groups excluding carboxylic acids is 4. The maximum atomic E-state index is 13.1. The Morgan fingerprint density at radius 2 is 1.20 bits per heavy atom. The first kappa shape index (κ1) is 29.3. The molecule has 0 atom stereocenters. The highest BCUT2D eigenvalue weighted by molar-refractivity contribution is 6.17. The van der Waals surface area contributed by atoms with Crippen LogP contribution in [0.1, 0.15) is 58.4 Å². The molecule has 0 fully saturated rings. The molecular weight excluding hydrogens is 563 g/mol. The summed E-state index contributed by atoms with van der Waals surface area (Å²) in [5, 5.41) is 0. The van der Waals surface area contributed by atoms with Crippen LogP contribution in [-0.4, -0.2) is 32.2 Å². The summed E-state index contributed by atoms with van der Waals surface area (Å²) in [6.45, 7) is 1.64. The fourth-order valence-corrected chi connectivity index (χ4v) is 5.21. The number of aromatic nitrogens is 2. The minimum atomic E-state index is -0.650. The molecule has 0 aliphatic heterocycles. The van der Waals surface area contributed by atoms with Gasteiger partial charge in [0, 0.05) is 17.3 Å². The quantitative estimate of drug-likeness (QED) is 0.211. The predicted molar refractivity (Wildman–Crippen MR) is 165 cm³/mol. The van der Waals surface area contributed by atoms with Gasteiger partial charge in [0.2, 0.25) is 11.6 Å². The van der Waals surface area contributed by atoms with Crippen molar-refractivity contribution in [3.05, 3.63) is 142 Å². The number of anilines is 2. The topological polar surface area (TPSA) is 181 Å². The van der Waals surface area contributed by atoms with Crippen molar-refractivity contribution in [2.24, 2.45) is 11.5 Å². The molecule has 220 valence electrons. The summed E-state index contributed by atoms with van der Waals surface area (Å²) in [6.07, 6.45) is 1.69. The molecule has 6 rings (SSSR count). The van der Waals surface area contributed by atoms with Crippen molar-refractivity contribution in [1.82, 2.24) is 8.80 Å². The number of carbonyl (C=O) groups is 4. The lowest BCUT2D eigenvalue weighted by molar-refractivity contribution is 0.0993. The zero-order valence-electron chi connectivity index (χ0n) is 23.5. The number of primary amides is 2. The van der Waals surface area contributed by atoms with Crippen molar-refractivity contribution >= 4 is 45.9 Å². The van der Waals surface area contributed by atoms with E-state index in [1.165, 1.54) is 28.7 Å². The molecule has 10 nitrogen and oxygen atoms in total. The van der Waals surface area contributed by atoms with Crippen LogP contribution < -0.4 is 22.9 Å².